The van der Waals surface area contributed by atoms with E-state index in [1.54, 1.807) is 40.1 Å². The number of hydrogen-bond donors (Lipinski definition) is 1. The minimum atomic E-state index is -0.299. The molecule has 0 aliphatic carbocycles. The van der Waals surface area contributed by atoms with Crippen LogP contribution in [0.15, 0.2) is 67.5 Å². The van der Waals surface area contributed by atoms with Crippen LogP contribution in [0.2, 0.25) is 0 Å². The summed E-state index contributed by atoms with van der Waals surface area (Å²) < 4.78 is 18.8. The molecule has 4 heterocycles. The molecule has 4 aromatic heterocycles. The van der Waals surface area contributed by atoms with E-state index in [4.69, 9.17) is 4.98 Å². The van der Waals surface area contributed by atoms with Crippen LogP contribution in [0.1, 0.15) is 18.0 Å². The molecule has 8 nitrogen and oxygen atoms in total. The molecule has 1 N–H and O–H groups in total. The van der Waals surface area contributed by atoms with E-state index in [1.165, 1.54) is 12.1 Å². The van der Waals surface area contributed by atoms with Crippen molar-refractivity contribution in [1.29, 1.82) is 0 Å². The summed E-state index contributed by atoms with van der Waals surface area (Å²) in [6, 6.07) is 7.95. The number of aryl methyl sites for hydroxylation is 1. The lowest BCUT2D eigenvalue weighted by molar-refractivity contribution is 0.263. The maximum Gasteiger partial charge on any atom is 0.149 e. The van der Waals surface area contributed by atoms with Gasteiger partial charge in [-0.15, -0.1) is 0 Å². The van der Waals surface area contributed by atoms with Crippen molar-refractivity contribution in [2.75, 3.05) is 6.61 Å². The quantitative estimate of drug-likeness (QED) is 0.459. The van der Waals surface area contributed by atoms with Crippen LogP contribution in [0.3, 0.4) is 0 Å². The second-order valence-electron chi connectivity index (χ2n) is 7.31. The molecule has 5 aromatic rings. The van der Waals surface area contributed by atoms with Crippen molar-refractivity contribution in [1.82, 2.24) is 33.9 Å². The third kappa shape index (κ3) is 3.59. The van der Waals surface area contributed by atoms with E-state index in [9.17, 15) is 9.50 Å². The summed E-state index contributed by atoms with van der Waals surface area (Å²) in [5, 5.41) is 18.3. The highest BCUT2D eigenvalue weighted by Gasteiger charge is 2.18. The zero-order valence-corrected chi connectivity index (χ0v) is 16.8. The maximum absolute atomic E-state index is 13.4. The molecule has 0 aliphatic heterocycles. The molecule has 0 saturated carbocycles. The van der Waals surface area contributed by atoms with Crippen LogP contribution in [0, 0.1) is 5.82 Å². The molecule has 156 valence electrons. The molecular weight excluding hydrogens is 397 g/mol. The summed E-state index contributed by atoms with van der Waals surface area (Å²) in [6.45, 7) is -0.0161. The third-order valence-electron chi connectivity index (χ3n) is 5.23. The maximum atomic E-state index is 13.4. The predicted octanol–water partition coefficient (Wildman–Crippen LogP) is 3.10. The van der Waals surface area contributed by atoms with E-state index in [-0.39, 0.29) is 18.5 Å². The first kappa shape index (κ1) is 19.1. The Balaban J connectivity index is 1.58. The molecular formula is C22H20FN7O. The second kappa shape index (κ2) is 7.77. The van der Waals surface area contributed by atoms with Crippen LogP contribution in [-0.2, 0) is 7.05 Å². The van der Waals surface area contributed by atoms with E-state index in [1.807, 2.05) is 36.1 Å². The van der Waals surface area contributed by atoms with E-state index < -0.39 is 0 Å². The Morgan fingerprint density at radius 1 is 1.06 bits per heavy atom. The summed E-state index contributed by atoms with van der Waals surface area (Å²) in [6.07, 6.45) is 11.3. The fourth-order valence-electron chi connectivity index (χ4n) is 3.71. The number of hydrogen-bond acceptors (Lipinski definition) is 5. The first-order valence-corrected chi connectivity index (χ1v) is 9.86. The molecule has 0 radical (unpaired) electrons. The summed E-state index contributed by atoms with van der Waals surface area (Å²) in [4.78, 5) is 9.27. The molecule has 0 aliphatic rings. The Morgan fingerprint density at radius 3 is 2.61 bits per heavy atom. The van der Waals surface area contributed by atoms with Gasteiger partial charge < -0.3 is 5.11 Å². The van der Waals surface area contributed by atoms with Gasteiger partial charge in [-0.1, -0.05) is 12.1 Å². The van der Waals surface area contributed by atoms with Gasteiger partial charge in [0.1, 0.15) is 17.3 Å². The molecule has 1 atom stereocenters. The molecule has 1 unspecified atom stereocenters. The van der Waals surface area contributed by atoms with Gasteiger partial charge in [0.25, 0.3) is 0 Å². The van der Waals surface area contributed by atoms with Gasteiger partial charge in [-0.25, -0.2) is 14.4 Å². The molecule has 1 aromatic carbocycles. The first-order chi connectivity index (χ1) is 15.1. The summed E-state index contributed by atoms with van der Waals surface area (Å²) in [5.41, 5.74) is 4.10. The van der Waals surface area contributed by atoms with E-state index >= 15 is 0 Å². The van der Waals surface area contributed by atoms with Crippen molar-refractivity contribution in [3.8, 4) is 22.6 Å². The van der Waals surface area contributed by atoms with Gasteiger partial charge in [-0.3, -0.25) is 13.8 Å². The van der Waals surface area contributed by atoms with Gasteiger partial charge in [0.05, 0.1) is 29.7 Å². The number of nitrogens with zero attached hydrogens (tertiary/aromatic N) is 7. The van der Waals surface area contributed by atoms with Gasteiger partial charge >= 0.3 is 0 Å². The van der Waals surface area contributed by atoms with Gasteiger partial charge in [0, 0.05) is 50.1 Å². The Hall–Kier alpha value is -3.85. The summed E-state index contributed by atoms with van der Waals surface area (Å²) >= 11 is 0. The van der Waals surface area contributed by atoms with Crippen molar-refractivity contribution in [3.63, 3.8) is 0 Å². The summed E-state index contributed by atoms with van der Waals surface area (Å²) in [5.74, 6) is 0.397. The number of aliphatic hydroxyl groups excluding tert-OH is 1. The summed E-state index contributed by atoms with van der Waals surface area (Å²) in [7, 11) is 1.86. The van der Waals surface area contributed by atoms with Crippen molar-refractivity contribution in [2.24, 2.45) is 7.05 Å². The number of rotatable bonds is 6. The minimum absolute atomic E-state index is 0.0161. The highest BCUT2D eigenvalue weighted by Crippen LogP contribution is 2.27. The molecule has 31 heavy (non-hydrogen) atoms. The highest BCUT2D eigenvalue weighted by atomic mass is 19.1. The topological polar surface area (TPSA) is 86.1 Å². The fourth-order valence-corrected chi connectivity index (χ4v) is 3.71. The number of aromatic nitrogens is 7. The van der Waals surface area contributed by atoms with Crippen LogP contribution in [-0.4, -0.2) is 45.6 Å². The second-order valence-corrected chi connectivity index (χ2v) is 7.31. The SMILES string of the molecule is Cn1cc(-c2cc3nccn3c(-c3cnn(C(CCO)c4ccc(F)cc4)c3)n2)cn1. The zero-order chi connectivity index (χ0) is 21.4. The van der Waals surface area contributed by atoms with E-state index in [0.717, 1.165) is 28.0 Å². The average molecular weight is 417 g/mol. The predicted molar refractivity (Wildman–Crippen MR) is 113 cm³/mol. The first-order valence-electron chi connectivity index (χ1n) is 9.86. The van der Waals surface area contributed by atoms with Crippen molar-refractivity contribution >= 4 is 5.65 Å². The van der Waals surface area contributed by atoms with Crippen molar-refractivity contribution in [3.05, 3.63) is 78.9 Å². The Labute approximate surface area is 177 Å². The van der Waals surface area contributed by atoms with Gasteiger partial charge in [0.2, 0.25) is 0 Å². The molecule has 5 rings (SSSR count). The number of imidazole rings is 1. The number of aliphatic hydroxyl groups is 1. The Morgan fingerprint density at radius 2 is 1.87 bits per heavy atom. The molecule has 0 fully saturated rings. The number of benzene rings is 1. The zero-order valence-electron chi connectivity index (χ0n) is 16.8. The third-order valence-corrected chi connectivity index (χ3v) is 5.23. The van der Waals surface area contributed by atoms with Crippen molar-refractivity contribution < 1.29 is 9.50 Å². The van der Waals surface area contributed by atoms with Crippen LogP contribution in [0.25, 0.3) is 28.3 Å². The van der Waals surface area contributed by atoms with Crippen LogP contribution < -0.4 is 0 Å². The van der Waals surface area contributed by atoms with Crippen LogP contribution in [0.5, 0.6) is 0 Å². The molecule has 0 amide bonds. The normalized spacial score (nSPS) is 12.5. The fraction of sp³-hybridized carbons (Fsp3) is 0.182. The minimum Gasteiger partial charge on any atom is -0.396 e. The Bertz CT molecular complexity index is 1340. The molecule has 0 spiro atoms. The number of halogens is 1. The molecule has 9 heteroatoms. The molecule has 0 bridgehead atoms. The Kier molecular flexibility index (Phi) is 4.79. The number of fused-ring (bicyclic) bond motifs is 1. The van der Waals surface area contributed by atoms with Gasteiger partial charge in [-0.2, -0.15) is 10.2 Å². The highest BCUT2D eigenvalue weighted by molar-refractivity contribution is 5.68. The lowest BCUT2D eigenvalue weighted by atomic mass is 10.0. The van der Waals surface area contributed by atoms with E-state index in [2.05, 4.69) is 15.2 Å². The lowest BCUT2D eigenvalue weighted by Crippen LogP contribution is -2.13. The average Bonchev–Trinajstić information content (AvgIpc) is 3.52. The van der Waals surface area contributed by atoms with Gasteiger partial charge in [0.15, 0.2) is 0 Å². The standard InChI is InChI=1S/C22H20FN7O/c1-28-13-16(11-25-28)19-10-21-24-7-8-29(21)22(27-19)17-12-26-30(14-17)20(6-9-31)15-2-4-18(23)5-3-15/h2-5,7-8,10-14,20,31H,6,9H2,1H3. The van der Waals surface area contributed by atoms with Crippen LogP contribution in [0.4, 0.5) is 4.39 Å². The lowest BCUT2D eigenvalue weighted by Gasteiger charge is -2.17. The smallest absolute Gasteiger partial charge is 0.149 e. The van der Waals surface area contributed by atoms with Crippen LogP contribution >= 0.6 is 0 Å². The molecule has 0 saturated heterocycles. The monoisotopic (exact) mass is 417 g/mol. The van der Waals surface area contributed by atoms with E-state index in [0.29, 0.717) is 12.2 Å². The van der Waals surface area contributed by atoms with Gasteiger partial charge in [-0.05, 0) is 24.1 Å². The van der Waals surface area contributed by atoms with Crippen molar-refractivity contribution in [2.45, 2.75) is 12.5 Å². The largest absolute Gasteiger partial charge is 0.396 e.